The number of nitrogens with zero attached hydrogens (tertiary/aromatic N) is 2. The molecule has 2 unspecified atom stereocenters. The molecular formula is C17H24N4O4S. The lowest BCUT2D eigenvalue weighted by molar-refractivity contribution is -0.133. The molecule has 0 aliphatic carbocycles. The van der Waals surface area contributed by atoms with Gasteiger partial charge in [0.25, 0.3) is 0 Å². The normalized spacial score (nSPS) is 22.2. The molecule has 3 rings (SSSR count). The number of fused-ring (bicyclic) bond motifs is 1. The molecular weight excluding hydrogens is 356 g/mol. The number of benzene rings is 1. The first-order valence-corrected chi connectivity index (χ1v) is 10.2. The highest BCUT2D eigenvalue weighted by Gasteiger charge is 2.34. The lowest BCUT2D eigenvalue weighted by Crippen LogP contribution is -2.44. The van der Waals surface area contributed by atoms with Crippen LogP contribution >= 0.6 is 0 Å². The van der Waals surface area contributed by atoms with Crippen molar-refractivity contribution in [3.05, 3.63) is 23.8 Å². The first kappa shape index (κ1) is 18.5. The molecule has 2 aliphatic rings. The molecule has 8 nitrogen and oxygen atoms in total. The summed E-state index contributed by atoms with van der Waals surface area (Å²) in [4.78, 5) is 14.2. The minimum atomic E-state index is -3.83. The molecule has 1 fully saturated rings. The Kier molecular flexibility index (Phi) is 5.08. The van der Waals surface area contributed by atoms with Crippen LogP contribution in [0.5, 0.6) is 5.75 Å². The maximum Gasteiger partial charge on any atom is 0.344 e. The highest BCUT2D eigenvalue weighted by molar-refractivity contribution is 7.91. The number of ether oxygens (including phenoxy) is 1. The smallest absolute Gasteiger partial charge is 0.344 e. The zero-order chi connectivity index (χ0) is 18.9. The Labute approximate surface area is 153 Å². The van der Waals surface area contributed by atoms with E-state index >= 15 is 0 Å². The highest BCUT2D eigenvalue weighted by atomic mass is 32.2. The zero-order valence-electron chi connectivity index (χ0n) is 14.9. The van der Waals surface area contributed by atoms with E-state index in [2.05, 4.69) is 9.12 Å². The number of nitrogens with one attached hydrogen (secondary N) is 1. The second-order valence-corrected chi connectivity index (χ2v) is 7.94. The Morgan fingerprint density at radius 3 is 3.00 bits per heavy atom. The number of carbonyl (C=O) groups is 1. The first-order chi connectivity index (χ1) is 12.3. The van der Waals surface area contributed by atoms with E-state index in [9.17, 15) is 13.2 Å². The van der Waals surface area contributed by atoms with Crippen LogP contribution in [0.3, 0.4) is 0 Å². The predicted octanol–water partition coefficient (Wildman–Crippen LogP) is 1.62. The summed E-state index contributed by atoms with van der Waals surface area (Å²) >= 11 is 0. The second-order valence-electron chi connectivity index (χ2n) is 6.60. The van der Waals surface area contributed by atoms with Gasteiger partial charge in [-0.25, -0.2) is 0 Å². The Morgan fingerprint density at radius 2 is 2.27 bits per heavy atom. The van der Waals surface area contributed by atoms with Crippen LogP contribution in [0, 0.1) is 0 Å². The van der Waals surface area contributed by atoms with Gasteiger partial charge in [-0.2, -0.15) is 8.42 Å². The summed E-state index contributed by atoms with van der Waals surface area (Å²) in [6, 6.07) is 5.02. The lowest BCUT2D eigenvalue weighted by Gasteiger charge is -2.31. The van der Waals surface area contributed by atoms with Crippen LogP contribution in [-0.4, -0.2) is 43.8 Å². The van der Waals surface area contributed by atoms with E-state index in [-0.39, 0.29) is 23.9 Å². The Balaban J connectivity index is 1.83. The lowest BCUT2D eigenvalue weighted by atomic mass is 10.1. The van der Waals surface area contributed by atoms with Crippen LogP contribution in [0.2, 0.25) is 0 Å². The number of nitrogens with two attached hydrogens (primary N) is 1. The quantitative estimate of drug-likeness (QED) is 0.806. The number of amides is 1. The molecule has 0 aromatic heterocycles. The number of rotatable bonds is 5. The van der Waals surface area contributed by atoms with E-state index in [1.54, 1.807) is 18.2 Å². The molecule has 2 heterocycles. The second kappa shape index (κ2) is 7.14. The van der Waals surface area contributed by atoms with Crippen molar-refractivity contribution in [2.75, 3.05) is 11.3 Å². The van der Waals surface area contributed by atoms with Crippen LogP contribution in [0.1, 0.15) is 45.1 Å². The van der Waals surface area contributed by atoms with E-state index in [0.717, 1.165) is 25.8 Å². The van der Waals surface area contributed by atoms with E-state index < -0.39 is 10.2 Å². The van der Waals surface area contributed by atoms with Gasteiger partial charge in [0.15, 0.2) is 5.84 Å². The van der Waals surface area contributed by atoms with Gasteiger partial charge in [0, 0.05) is 13.0 Å². The number of hydrogen-bond donors (Lipinski definition) is 2. The average molecular weight is 380 g/mol. The fraction of sp³-hybridized carbons (Fsp3) is 0.529. The summed E-state index contributed by atoms with van der Waals surface area (Å²) < 4.78 is 35.3. The number of amidine groups is 1. The number of anilines is 1. The van der Waals surface area contributed by atoms with Gasteiger partial charge in [-0.15, -0.1) is 4.40 Å². The van der Waals surface area contributed by atoms with Gasteiger partial charge in [0.1, 0.15) is 11.9 Å². The molecule has 26 heavy (non-hydrogen) atoms. The zero-order valence-corrected chi connectivity index (χ0v) is 15.8. The van der Waals surface area contributed by atoms with E-state index in [4.69, 9.17) is 10.5 Å². The van der Waals surface area contributed by atoms with Gasteiger partial charge in [-0.3, -0.25) is 9.52 Å². The molecule has 0 saturated carbocycles. The summed E-state index contributed by atoms with van der Waals surface area (Å²) in [6.45, 7) is 4.65. The molecule has 2 aliphatic heterocycles. The van der Waals surface area contributed by atoms with Crippen molar-refractivity contribution in [1.82, 2.24) is 4.90 Å². The van der Waals surface area contributed by atoms with E-state index in [0.29, 0.717) is 23.4 Å². The van der Waals surface area contributed by atoms with Gasteiger partial charge in [0.2, 0.25) is 5.91 Å². The topological polar surface area (TPSA) is 114 Å². The molecule has 1 aromatic carbocycles. The van der Waals surface area contributed by atoms with Crippen molar-refractivity contribution in [2.45, 2.75) is 51.7 Å². The SMILES string of the molecule is CCCC(=O)N1CCCC1C(C)Oc1cccc2c1C(N)=NS(=O)(=O)N2. The third-order valence-corrected chi connectivity index (χ3v) is 5.59. The molecule has 1 aromatic rings. The molecule has 0 spiro atoms. The molecule has 9 heteroatoms. The van der Waals surface area contributed by atoms with Crippen molar-refractivity contribution >= 4 is 27.6 Å². The fourth-order valence-corrected chi connectivity index (χ4v) is 4.39. The summed E-state index contributed by atoms with van der Waals surface area (Å²) in [5, 5.41) is 0. The number of likely N-dealkylation sites (tertiary alicyclic amines) is 1. The van der Waals surface area contributed by atoms with Crippen molar-refractivity contribution in [1.29, 1.82) is 0 Å². The van der Waals surface area contributed by atoms with Crippen LogP contribution in [0.15, 0.2) is 22.6 Å². The maximum atomic E-state index is 12.3. The van der Waals surface area contributed by atoms with Crippen LogP contribution < -0.4 is 15.2 Å². The predicted molar refractivity (Wildman–Crippen MR) is 99.4 cm³/mol. The van der Waals surface area contributed by atoms with Gasteiger partial charge < -0.3 is 15.4 Å². The van der Waals surface area contributed by atoms with Crippen molar-refractivity contribution in [2.24, 2.45) is 10.1 Å². The largest absolute Gasteiger partial charge is 0.488 e. The third-order valence-electron chi connectivity index (χ3n) is 4.68. The van der Waals surface area contributed by atoms with Gasteiger partial charge >= 0.3 is 10.2 Å². The van der Waals surface area contributed by atoms with Crippen molar-refractivity contribution in [3.8, 4) is 5.75 Å². The first-order valence-electron chi connectivity index (χ1n) is 8.80. The minimum Gasteiger partial charge on any atom is -0.488 e. The summed E-state index contributed by atoms with van der Waals surface area (Å²) in [6.07, 6.45) is 2.92. The Bertz CT molecular complexity index is 837. The Morgan fingerprint density at radius 1 is 1.50 bits per heavy atom. The minimum absolute atomic E-state index is 0.0108. The maximum absolute atomic E-state index is 12.3. The molecule has 0 bridgehead atoms. The molecule has 1 amide bonds. The standard InChI is InChI=1S/C17H24N4O4S/c1-3-6-15(22)21-10-5-8-13(21)11(2)25-14-9-4-7-12-16(14)17(18)20-26(23,24)19-12/h4,7,9,11,13,19H,3,5-6,8,10H2,1-2H3,(H2,18,20). The molecule has 1 saturated heterocycles. The van der Waals surface area contributed by atoms with Crippen LogP contribution in [0.4, 0.5) is 5.69 Å². The molecule has 142 valence electrons. The van der Waals surface area contributed by atoms with Gasteiger partial charge in [0.05, 0.1) is 17.3 Å². The Hall–Kier alpha value is -2.29. The van der Waals surface area contributed by atoms with E-state index in [1.165, 1.54) is 0 Å². The average Bonchev–Trinajstić information content (AvgIpc) is 3.03. The fourth-order valence-electron chi connectivity index (χ4n) is 3.54. The van der Waals surface area contributed by atoms with Crippen molar-refractivity contribution < 1.29 is 17.9 Å². The molecule has 2 atom stereocenters. The highest BCUT2D eigenvalue weighted by Crippen LogP contribution is 2.32. The van der Waals surface area contributed by atoms with Gasteiger partial charge in [-0.1, -0.05) is 13.0 Å². The van der Waals surface area contributed by atoms with Crippen molar-refractivity contribution in [3.63, 3.8) is 0 Å². The molecule has 3 N–H and O–H groups in total. The van der Waals surface area contributed by atoms with E-state index in [1.807, 2.05) is 18.7 Å². The summed E-state index contributed by atoms with van der Waals surface area (Å²) in [7, 11) is -3.83. The van der Waals surface area contributed by atoms with Crippen LogP contribution in [0.25, 0.3) is 0 Å². The summed E-state index contributed by atoms with van der Waals surface area (Å²) in [5.41, 5.74) is 6.62. The third kappa shape index (κ3) is 3.62. The van der Waals surface area contributed by atoms with Gasteiger partial charge in [-0.05, 0) is 38.3 Å². The summed E-state index contributed by atoms with van der Waals surface area (Å²) in [5.74, 6) is 0.495. The molecule has 0 radical (unpaired) electrons. The number of carbonyl (C=O) groups excluding carboxylic acids is 1. The van der Waals surface area contributed by atoms with Crippen LogP contribution in [-0.2, 0) is 15.0 Å². The monoisotopic (exact) mass is 380 g/mol. The number of hydrogen-bond acceptors (Lipinski definition) is 5.